The maximum atomic E-state index is 5.44. The van der Waals surface area contributed by atoms with Gasteiger partial charge >= 0.3 is 0 Å². The number of nitrogens with zero attached hydrogens (tertiary/aromatic N) is 3. The van der Waals surface area contributed by atoms with Gasteiger partial charge in [-0.1, -0.05) is 0 Å². The first-order valence-electron chi connectivity index (χ1n) is 7.82. The molecule has 0 aliphatic heterocycles. The summed E-state index contributed by atoms with van der Waals surface area (Å²) in [7, 11) is 9.16. The Morgan fingerprint density at radius 2 is 2.00 bits per heavy atom. The van der Waals surface area contributed by atoms with Crippen LogP contribution in [0.4, 0.5) is 0 Å². The zero-order chi connectivity index (χ0) is 17.5. The van der Waals surface area contributed by atoms with Crippen LogP contribution in [-0.2, 0) is 20.1 Å². The predicted molar refractivity (Wildman–Crippen MR) is 112 cm³/mol. The number of rotatable bonds is 6. The van der Waals surface area contributed by atoms with Crippen LogP contribution in [0.1, 0.15) is 11.3 Å². The SMILES string of the molecule is CN=C(NCc1ccc(OC)cc1OC)N(C)Cc1cccn1C.I. The number of aliphatic imine (C=N–C) groups is 1. The Kier molecular flexibility index (Phi) is 8.60. The zero-order valence-electron chi connectivity index (χ0n) is 15.4. The van der Waals surface area contributed by atoms with Gasteiger partial charge < -0.3 is 24.3 Å². The van der Waals surface area contributed by atoms with E-state index >= 15 is 0 Å². The second-order valence-electron chi connectivity index (χ2n) is 5.55. The fourth-order valence-electron chi connectivity index (χ4n) is 2.54. The molecule has 0 saturated carbocycles. The fourth-order valence-corrected chi connectivity index (χ4v) is 2.54. The molecule has 0 spiro atoms. The van der Waals surface area contributed by atoms with E-state index < -0.39 is 0 Å². The van der Waals surface area contributed by atoms with Crippen LogP contribution in [0.2, 0.25) is 0 Å². The third-order valence-electron chi connectivity index (χ3n) is 3.96. The van der Waals surface area contributed by atoms with Crippen LogP contribution < -0.4 is 14.8 Å². The van der Waals surface area contributed by atoms with Crippen molar-refractivity contribution in [1.82, 2.24) is 14.8 Å². The van der Waals surface area contributed by atoms with Gasteiger partial charge in [-0.2, -0.15) is 0 Å². The molecule has 0 aliphatic carbocycles. The summed E-state index contributed by atoms with van der Waals surface area (Å²) in [5.41, 5.74) is 2.27. The van der Waals surface area contributed by atoms with Crippen LogP contribution in [-0.4, -0.2) is 43.7 Å². The number of hydrogen-bond acceptors (Lipinski definition) is 3. The van der Waals surface area contributed by atoms with Gasteiger partial charge in [0.1, 0.15) is 11.5 Å². The van der Waals surface area contributed by atoms with Gasteiger partial charge in [0.15, 0.2) is 5.96 Å². The molecule has 1 aromatic carbocycles. The highest BCUT2D eigenvalue weighted by molar-refractivity contribution is 14.0. The van der Waals surface area contributed by atoms with Crippen LogP contribution in [0.5, 0.6) is 11.5 Å². The Morgan fingerprint density at radius 3 is 2.56 bits per heavy atom. The maximum absolute atomic E-state index is 5.44. The zero-order valence-corrected chi connectivity index (χ0v) is 17.8. The molecule has 1 N–H and O–H groups in total. The Labute approximate surface area is 166 Å². The minimum absolute atomic E-state index is 0. The predicted octanol–water partition coefficient (Wildman–Crippen LogP) is 2.87. The molecular formula is C18H27IN4O2. The summed E-state index contributed by atoms with van der Waals surface area (Å²) in [4.78, 5) is 6.45. The lowest BCUT2D eigenvalue weighted by atomic mass is 10.2. The van der Waals surface area contributed by atoms with Gasteiger partial charge in [-0.15, -0.1) is 24.0 Å². The van der Waals surface area contributed by atoms with Crippen molar-refractivity contribution in [3.05, 3.63) is 47.8 Å². The molecule has 0 aliphatic rings. The highest BCUT2D eigenvalue weighted by atomic mass is 127. The lowest BCUT2D eigenvalue weighted by Gasteiger charge is -2.23. The molecule has 0 saturated heterocycles. The molecule has 7 heteroatoms. The molecule has 25 heavy (non-hydrogen) atoms. The van der Waals surface area contributed by atoms with Crippen LogP contribution in [0.3, 0.4) is 0 Å². The number of nitrogens with one attached hydrogen (secondary N) is 1. The topological polar surface area (TPSA) is 51.0 Å². The molecule has 2 rings (SSSR count). The third kappa shape index (κ3) is 5.55. The summed E-state index contributed by atoms with van der Waals surface area (Å²) in [5.74, 6) is 2.40. The normalized spacial score (nSPS) is 10.8. The largest absolute Gasteiger partial charge is 0.497 e. The van der Waals surface area contributed by atoms with E-state index in [1.807, 2.05) is 44.6 Å². The van der Waals surface area contributed by atoms with E-state index in [0.29, 0.717) is 6.54 Å². The van der Waals surface area contributed by atoms with E-state index in [4.69, 9.17) is 9.47 Å². The number of ether oxygens (including phenoxy) is 2. The van der Waals surface area contributed by atoms with E-state index in [1.54, 1.807) is 21.3 Å². The number of halogens is 1. The number of aromatic nitrogens is 1. The second-order valence-corrected chi connectivity index (χ2v) is 5.55. The smallest absolute Gasteiger partial charge is 0.194 e. The minimum atomic E-state index is 0. The molecule has 6 nitrogen and oxygen atoms in total. The van der Waals surface area contributed by atoms with E-state index in [0.717, 1.165) is 29.6 Å². The summed E-state index contributed by atoms with van der Waals surface area (Å²) in [6.07, 6.45) is 2.04. The lowest BCUT2D eigenvalue weighted by molar-refractivity contribution is 0.390. The number of methoxy groups -OCH3 is 2. The van der Waals surface area contributed by atoms with Gasteiger partial charge in [-0.05, 0) is 24.3 Å². The quantitative estimate of drug-likeness (QED) is 0.411. The average Bonchev–Trinajstić information content (AvgIpc) is 3.00. The van der Waals surface area contributed by atoms with E-state index in [2.05, 4.69) is 25.8 Å². The van der Waals surface area contributed by atoms with Gasteiger partial charge in [-0.3, -0.25) is 4.99 Å². The summed E-state index contributed by atoms with van der Waals surface area (Å²) in [5, 5.41) is 3.38. The molecule has 0 amide bonds. The number of guanidine groups is 1. The standard InChI is InChI=1S/C18H26N4O2.HI/c1-19-18(22(3)13-15-7-6-10-21(15)2)20-12-14-8-9-16(23-4)11-17(14)24-5;/h6-11H,12-13H2,1-5H3,(H,19,20);1H. The van der Waals surface area contributed by atoms with E-state index in [-0.39, 0.29) is 24.0 Å². The number of benzene rings is 1. The molecule has 0 radical (unpaired) electrons. The van der Waals surface area contributed by atoms with Crippen molar-refractivity contribution in [3.63, 3.8) is 0 Å². The van der Waals surface area contributed by atoms with Gasteiger partial charge in [0, 0.05) is 51.2 Å². The van der Waals surface area contributed by atoms with Crippen molar-refractivity contribution in [2.75, 3.05) is 28.3 Å². The van der Waals surface area contributed by atoms with Gasteiger partial charge in [-0.25, -0.2) is 0 Å². The first kappa shape index (κ1) is 21.1. The summed E-state index contributed by atoms with van der Waals surface area (Å²) in [6.45, 7) is 1.40. The van der Waals surface area contributed by atoms with Crippen LogP contribution in [0.15, 0.2) is 41.5 Å². The third-order valence-corrected chi connectivity index (χ3v) is 3.96. The van der Waals surface area contributed by atoms with Crippen molar-refractivity contribution in [3.8, 4) is 11.5 Å². The fraction of sp³-hybridized carbons (Fsp3) is 0.389. The van der Waals surface area contributed by atoms with Crippen molar-refractivity contribution in [2.45, 2.75) is 13.1 Å². The number of hydrogen-bond donors (Lipinski definition) is 1. The van der Waals surface area contributed by atoms with Gasteiger partial charge in [0.05, 0.1) is 20.8 Å². The molecule has 0 atom stereocenters. The molecule has 138 valence electrons. The molecule has 0 bridgehead atoms. The Hall–Kier alpha value is -1.90. The molecule has 2 aromatic rings. The van der Waals surface area contributed by atoms with Crippen molar-refractivity contribution in [2.24, 2.45) is 12.0 Å². The van der Waals surface area contributed by atoms with E-state index in [1.165, 1.54) is 5.69 Å². The van der Waals surface area contributed by atoms with Crippen LogP contribution in [0, 0.1) is 0 Å². The lowest BCUT2D eigenvalue weighted by Crippen LogP contribution is -2.38. The summed E-state index contributed by atoms with van der Waals surface area (Å²) in [6, 6.07) is 9.95. The average molecular weight is 458 g/mol. The molecule has 1 heterocycles. The van der Waals surface area contributed by atoms with E-state index in [9.17, 15) is 0 Å². The number of aryl methyl sites for hydroxylation is 1. The Balaban J connectivity index is 0.00000312. The highest BCUT2D eigenvalue weighted by Gasteiger charge is 2.10. The molecule has 0 fully saturated rings. The maximum Gasteiger partial charge on any atom is 0.194 e. The van der Waals surface area contributed by atoms with Crippen LogP contribution >= 0.6 is 24.0 Å². The van der Waals surface area contributed by atoms with Crippen LogP contribution in [0.25, 0.3) is 0 Å². The van der Waals surface area contributed by atoms with Crippen molar-refractivity contribution in [1.29, 1.82) is 0 Å². The first-order chi connectivity index (χ1) is 11.6. The van der Waals surface area contributed by atoms with Gasteiger partial charge in [0.2, 0.25) is 0 Å². The van der Waals surface area contributed by atoms with Crippen molar-refractivity contribution >= 4 is 29.9 Å². The first-order valence-corrected chi connectivity index (χ1v) is 7.82. The summed E-state index contributed by atoms with van der Waals surface area (Å²) < 4.78 is 12.8. The second kappa shape index (κ2) is 10.2. The minimum Gasteiger partial charge on any atom is -0.497 e. The van der Waals surface area contributed by atoms with Gasteiger partial charge in [0.25, 0.3) is 0 Å². The monoisotopic (exact) mass is 458 g/mol. The molecule has 0 unspecified atom stereocenters. The highest BCUT2D eigenvalue weighted by Crippen LogP contribution is 2.24. The summed E-state index contributed by atoms with van der Waals surface area (Å²) >= 11 is 0. The Bertz CT molecular complexity index is 700. The molecular weight excluding hydrogens is 431 g/mol. The molecule has 1 aromatic heterocycles. The van der Waals surface area contributed by atoms with Crippen molar-refractivity contribution < 1.29 is 9.47 Å². The Morgan fingerprint density at radius 1 is 1.24 bits per heavy atom.